The maximum Gasteiger partial charge on any atom is 0.103 e. The van der Waals surface area contributed by atoms with Crippen LogP contribution >= 0.6 is 11.6 Å². The molecule has 2 aromatic carbocycles. The van der Waals surface area contributed by atoms with E-state index in [-0.39, 0.29) is 0 Å². The van der Waals surface area contributed by atoms with Crippen molar-refractivity contribution in [3.05, 3.63) is 64.7 Å². The Morgan fingerprint density at radius 2 is 1.63 bits per heavy atom. The number of piperazine rings is 1. The van der Waals surface area contributed by atoms with E-state index in [1.54, 1.807) is 4.90 Å². The highest BCUT2D eigenvalue weighted by molar-refractivity contribution is 6.30. The third-order valence-corrected chi connectivity index (χ3v) is 5.46. The quantitative estimate of drug-likeness (QED) is 0.741. The van der Waals surface area contributed by atoms with Gasteiger partial charge < -0.3 is 9.80 Å². The minimum atomic E-state index is 0.804. The Morgan fingerprint density at radius 3 is 2.22 bits per heavy atom. The van der Waals surface area contributed by atoms with E-state index in [0.717, 1.165) is 56.4 Å². The van der Waals surface area contributed by atoms with Gasteiger partial charge in [-0.05, 0) is 43.7 Å². The van der Waals surface area contributed by atoms with Crippen LogP contribution in [0.3, 0.4) is 0 Å². The van der Waals surface area contributed by atoms with E-state index < -0.39 is 0 Å². The van der Waals surface area contributed by atoms with Crippen molar-refractivity contribution in [2.24, 2.45) is 5.10 Å². The minimum absolute atomic E-state index is 0.804. The second-order valence-corrected chi connectivity index (χ2v) is 7.45. The summed E-state index contributed by atoms with van der Waals surface area (Å²) in [6, 6.07) is 16.9. The molecule has 3 rings (SSSR count). The maximum absolute atomic E-state index is 5.97. The Bertz CT molecular complexity index is 715. The summed E-state index contributed by atoms with van der Waals surface area (Å²) in [5, 5.41) is 7.67. The number of nitrogens with zero attached hydrogens (tertiary/aromatic N) is 3. The van der Waals surface area contributed by atoms with Crippen LogP contribution in [0.2, 0.25) is 5.02 Å². The van der Waals surface area contributed by atoms with Crippen LogP contribution in [0.5, 0.6) is 0 Å². The first-order chi connectivity index (χ1) is 13.2. The number of rotatable bonds is 7. The molecule has 1 heterocycles. The lowest BCUT2D eigenvalue weighted by atomic mass is 10.2. The number of hydrogen-bond donors (Lipinski definition) is 1. The van der Waals surface area contributed by atoms with Crippen molar-refractivity contribution in [1.82, 2.24) is 5.01 Å². The molecule has 0 unspecified atom stereocenters. The summed E-state index contributed by atoms with van der Waals surface area (Å²) >= 11 is 5.97. The Balaban J connectivity index is 1.47. The monoisotopic (exact) mass is 385 g/mol. The first kappa shape index (κ1) is 19.7. The van der Waals surface area contributed by atoms with Crippen LogP contribution in [0.1, 0.15) is 25.0 Å². The largest absolute Gasteiger partial charge is 0.372 e. The third kappa shape index (κ3) is 5.72. The van der Waals surface area contributed by atoms with Crippen molar-refractivity contribution in [1.29, 1.82) is 0 Å². The smallest absolute Gasteiger partial charge is 0.103 e. The Kier molecular flexibility index (Phi) is 7.13. The Labute approximate surface area is 168 Å². The summed E-state index contributed by atoms with van der Waals surface area (Å²) < 4.78 is 0. The van der Waals surface area contributed by atoms with E-state index in [1.165, 1.54) is 11.3 Å². The predicted molar refractivity (Wildman–Crippen MR) is 115 cm³/mol. The lowest BCUT2D eigenvalue weighted by molar-refractivity contribution is -0.918. The second-order valence-electron chi connectivity index (χ2n) is 7.02. The van der Waals surface area contributed by atoms with E-state index >= 15 is 0 Å². The van der Waals surface area contributed by atoms with Crippen molar-refractivity contribution in [3.8, 4) is 0 Å². The molecule has 1 aliphatic heterocycles. The van der Waals surface area contributed by atoms with Crippen molar-refractivity contribution < 1.29 is 4.90 Å². The number of anilines is 1. The summed E-state index contributed by atoms with van der Waals surface area (Å²) in [4.78, 5) is 3.95. The molecule has 1 saturated heterocycles. The fourth-order valence-electron chi connectivity index (χ4n) is 3.50. The molecule has 1 N–H and O–H groups in total. The Morgan fingerprint density at radius 1 is 1.00 bits per heavy atom. The molecule has 5 heteroatoms. The van der Waals surface area contributed by atoms with Gasteiger partial charge in [0.05, 0.1) is 32.4 Å². The van der Waals surface area contributed by atoms with Gasteiger partial charge in [0.25, 0.3) is 0 Å². The van der Waals surface area contributed by atoms with Gasteiger partial charge >= 0.3 is 0 Å². The van der Waals surface area contributed by atoms with Crippen molar-refractivity contribution in [3.63, 3.8) is 0 Å². The molecule has 1 aliphatic rings. The van der Waals surface area contributed by atoms with Crippen LogP contribution < -0.4 is 9.80 Å². The SMILES string of the molecule is CCN(CC)c1ccc(/C=N\N2CC[NH+](Cc3ccc(Cl)cc3)CC2)cc1. The summed E-state index contributed by atoms with van der Waals surface area (Å²) in [5.41, 5.74) is 3.78. The normalized spacial score (nSPS) is 15.4. The highest BCUT2D eigenvalue weighted by atomic mass is 35.5. The topological polar surface area (TPSA) is 23.3 Å². The van der Waals surface area contributed by atoms with Crippen molar-refractivity contribution in [2.75, 3.05) is 44.2 Å². The average molecular weight is 386 g/mol. The molecule has 0 saturated carbocycles. The molecule has 2 aromatic rings. The number of nitrogens with one attached hydrogen (secondary N) is 1. The standard InChI is InChI=1S/C22H29ClN4/c1-3-26(4-2)22-11-7-19(8-12-22)17-24-27-15-13-25(14-16-27)18-20-5-9-21(23)10-6-20/h5-12,17H,3-4,13-16,18H2,1-2H3/p+1/b24-17-. The highest BCUT2D eigenvalue weighted by Crippen LogP contribution is 2.14. The number of quaternary nitrogens is 1. The number of halogens is 1. The number of hydrazone groups is 1. The molecule has 0 atom stereocenters. The molecule has 1 fully saturated rings. The summed E-state index contributed by atoms with van der Waals surface area (Å²) in [5.74, 6) is 0. The van der Waals surface area contributed by atoms with Gasteiger partial charge in [-0.25, -0.2) is 0 Å². The van der Waals surface area contributed by atoms with Crippen LogP contribution in [0.4, 0.5) is 5.69 Å². The molecule has 144 valence electrons. The van der Waals surface area contributed by atoms with Crippen LogP contribution in [0, 0.1) is 0 Å². The fraction of sp³-hybridized carbons (Fsp3) is 0.409. The zero-order valence-corrected chi connectivity index (χ0v) is 17.1. The van der Waals surface area contributed by atoms with Crippen molar-refractivity contribution in [2.45, 2.75) is 20.4 Å². The van der Waals surface area contributed by atoms with Gasteiger partial charge in [0, 0.05) is 29.4 Å². The summed E-state index contributed by atoms with van der Waals surface area (Å²) in [6.45, 7) is 11.7. The van der Waals surface area contributed by atoms with Gasteiger partial charge in [0.2, 0.25) is 0 Å². The zero-order valence-electron chi connectivity index (χ0n) is 16.4. The van der Waals surface area contributed by atoms with Gasteiger partial charge in [-0.2, -0.15) is 5.10 Å². The molecule has 0 aliphatic carbocycles. The van der Waals surface area contributed by atoms with E-state index in [2.05, 4.69) is 65.3 Å². The molecular formula is C22H30ClN4+. The fourth-order valence-corrected chi connectivity index (χ4v) is 3.63. The van der Waals surface area contributed by atoms with Gasteiger partial charge in [-0.15, -0.1) is 0 Å². The average Bonchev–Trinajstić information content (AvgIpc) is 2.71. The van der Waals surface area contributed by atoms with Crippen LogP contribution in [-0.4, -0.2) is 50.5 Å². The molecule has 0 radical (unpaired) electrons. The van der Waals surface area contributed by atoms with Gasteiger partial charge in [-0.3, -0.25) is 5.01 Å². The van der Waals surface area contributed by atoms with Crippen LogP contribution in [-0.2, 0) is 6.54 Å². The van der Waals surface area contributed by atoms with Crippen LogP contribution in [0.25, 0.3) is 0 Å². The molecule has 0 bridgehead atoms. The number of benzene rings is 2. The number of hydrogen-bond acceptors (Lipinski definition) is 3. The van der Waals surface area contributed by atoms with E-state index in [4.69, 9.17) is 11.6 Å². The van der Waals surface area contributed by atoms with Crippen LogP contribution in [0.15, 0.2) is 53.6 Å². The molecular weight excluding hydrogens is 356 g/mol. The molecule has 27 heavy (non-hydrogen) atoms. The first-order valence-electron chi connectivity index (χ1n) is 9.90. The molecule has 0 spiro atoms. The van der Waals surface area contributed by atoms with Gasteiger partial charge in [0.1, 0.15) is 6.54 Å². The maximum atomic E-state index is 5.97. The lowest BCUT2D eigenvalue weighted by Gasteiger charge is -2.30. The predicted octanol–water partition coefficient (Wildman–Crippen LogP) is 2.92. The summed E-state index contributed by atoms with van der Waals surface area (Å²) in [6.07, 6.45) is 1.98. The molecule has 0 aromatic heterocycles. The zero-order chi connectivity index (χ0) is 19.1. The second kappa shape index (κ2) is 9.77. The summed E-state index contributed by atoms with van der Waals surface area (Å²) in [7, 11) is 0. The van der Waals surface area contributed by atoms with E-state index in [9.17, 15) is 0 Å². The molecule has 4 nitrogen and oxygen atoms in total. The molecule has 0 amide bonds. The van der Waals surface area contributed by atoms with E-state index in [0.29, 0.717) is 0 Å². The van der Waals surface area contributed by atoms with E-state index in [1.807, 2.05) is 18.3 Å². The lowest BCUT2D eigenvalue weighted by Crippen LogP contribution is -3.13. The first-order valence-corrected chi connectivity index (χ1v) is 10.3. The third-order valence-electron chi connectivity index (χ3n) is 5.21. The minimum Gasteiger partial charge on any atom is -0.372 e. The van der Waals surface area contributed by atoms with Gasteiger partial charge in [0.15, 0.2) is 0 Å². The van der Waals surface area contributed by atoms with Crippen molar-refractivity contribution >= 4 is 23.5 Å². The van der Waals surface area contributed by atoms with Gasteiger partial charge in [-0.1, -0.05) is 35.9 Å². The Hall–Kier alpha value is -2.04. The highest BCUT2D eigenvalue weighted by Gasteiger charge is 2.18.